The number of hydrogen-bond donors (Lipinski definition) is 3. The van der Waals surface area contributed by atoms with Crippen LogP contribution in [0.25, 0.3) is 0 Å². The molecule has 0 heterocycles. The number of alkyl carbamates (subject to hydrolysis) is 1. The first-order valence-electron chi connectivity index (χ1n) is 11.7. The maximum absolute atomic E-state index is 13.6. The highest BCUT2D eigenvalue weighted by Crippen LogP contribution is 2.27. The first-order chi connectivity index (χ1) is 16.3. The number of nitrogens with two attached hydrogens (primary N) is 1. The van der Waals surface area contributed by atoms with Crippen LogP contribution in [0.1, 0.15) is 76.1 Å². The maximum atomic E-state index is 13.6. The Hall–Kier alpha value is -3.54. The summed E-state index contributed by atoms with van der Waals surface area (Å²) in [5.74, 6) is -1.81. The zero-order valence-electron chi connectivity index (χ0n) is 21.6. The molecule has 0 bridgehead atoms. The van der Waals surface area contributed by atoms with Gasteiger partial charge in [0, 0.05) is 19.0 Å². The fourth-order valence-electron chi connectivity index (χ4n) is 3.38. The Balaban J connectivity index is 3.42. The number of amides is 4. The minimum atomic E-state index is -1.23. The molecule has 0 saturated carbocycles. The standard InChI is InChI=1S/C26H38N4O5/c1-8-10-16-28-23(32)22(19-13-11-12-17(3)18(19)4)30(9-2)24(33)20(14-15-21(27)31)29-25(34)35-26(5,6)7/h2,11-13,20,22H,8,10,14-16H2,1,3-7H3,(H2,27,31)(H,28,32)(H,29,34). The van der Waals surface area contributed by atoms with Gasteiger partial charge in [-0.25, -0.2) is 4.79 Å². The second-order valence-electron chi connectivity index (χ2n) is 9.38. The van der Waals surface area contributed by atoms with Crippen molar-refractivity contribution < 1.29 is 23.9 Å². The second kappa shape index (κ2) is 13.4. The van der Waals surface area contributed by atoms with Crippen molar-refractivity contribution in [2.24, 2.45) is 5.73 Å². The highest BCUT2D eigenvalue weighted by atomic mass is 16.6. The van der Waals surface area contributed by atoms with Crippen LogP contribution in [0.5, 0.6) is 0 Å². The lowest BCUT2D eigenvalue weighted by Crippen LogP contribution is -2.52. The Bertz CT molecular complexity index is 961. The van der Waals surface area contributed by atoms with Crippen LogP contribution in [0.3, 0.4) is 0 Å². The van der Waals surface area contributed by atoms with Crippen LogP contribution in [-0.2, 0) is 19.1 Å². The van der Waals surface area contributed by atoms with Crippen LogP contribution in [0.15, 0.2) is 18.2 Å². The molecule has 4 amide bonds. The van der Waals surface area contributed by atoms with E-state index in [2.05, 4.69) is 16.7 Å². The number of primary amides is 1. The molecule has 1 aromatic rings. The van der Waals surface area contributed by atoms with E-state index in [1.807, 2.05) is 26.8 Å². The number of aryl methyl sites for hydroxylation is 1. The zero-order chi connectivity index (χ0) is 26.8. The molecule has 0 radical (unpaired) electrons. The molecule has 35 heavy (non-hydrogen) atoms. The van der Waals surface area contributed by atoms with Gasteiger partial charge in [-0.2, -0.15) is 0 Å². The van der Waals surface area contributed by atoms with Gasteiger partial charge in [0.1, 0.15) is 17.7 Å². The summed E-state index contributed by atoms with van der Waals surface area (Å²) >= 11 is 0. The third-order valence-corrected chi connectivity index (χ3v) is 5.32. The van der Waals surface area contributed by atoms with Crippen LogP contribution < -0.4 is 16.4 Å². The van der Waals surface area contributed by atoms with E-state index in [4.69, 9.17) is 16.9 Å². The van der Waals surface area contributed by atoms with Gasteiger partial charge in [-0.05, 0) is 64.2 Å². The van der Waals surface area contributed by atoms with Crippen LogP contribution in [0.4, 0.5) is 4.79 Å². The Labute approximate surface area is 208 Å². The Morgan fingerprint density at radius 3 is 2.40 bits per heavy atom. The van der Waals surface area contributed by atoms with Crippen molar-refractivity contribution in [2.45, 2.75) is 84.9 Å². The van der Waals surface area contributed by atoms with Crippen molar-refractivity contribution in [3.63, 3.8) is 0 Å². The molecule has 0 aliphatic carbocycles. The van der Waals surface area contributed by atoms with E-state index in [0.29, 0.717) is 12.1 Å². The molecule has 2 atom stereocenters. The Morgan fingerprint density at radius 2 is 1.86 bits per heavy atom. The van der Waals surface area contributed by atoms with Crippen LogP contribution in [0, 0.1) is 26.3 Å². The first kappa shape index (κ1) is 29.5. The summed E-state index contributed by atoms with van der Waals surface area (Å²) in [6.07, 6.45) is 6.25. The van der Waals surface area contributed by atoms with Crippen molar-refractivity contribution in [1.82, 2.24) is 15.5 Å². The van der Waals surface area contributed by atoms with Crippen molar-refractivity contribution in [1.29, 1.82) is 0 Å². The van der Waals surface area contributed by atoms with Crippen LogP contribution in [-0.4, -0.2) is 46.9 Å². The van der Waals surface area contributed by atoms with Gasteiger partial charge in [0.05, 0.1) is 0 Å². The van der Waals surface area contributed by atoms with Gasteiger partial charge in [0.15, 0.2) is 0 Å². The molecule has 192 valence electrons. The van der Waals surface area contributed by atoms with Crippen molar-refractivity contribution in [3.05, 3.63) is 34.9 Å². The fraction of sp³-hybridized carbons (Fsp3) is 0.538. The molecule has 2 unspecified atom stereocenters. The summed E-state index contributed by atoms with van der Waals surface area (Å²) in [6, 6.07) is 5.37. The topological polar surface area (TPSA) is 131 Å². The summed E-state index contributed by atoms with van der Waals surface area (Å²) in [6.45, 7) is 11.2. The molecule has 9 nitrogen and oxygen atoms in total. The predicted molar refractivity (Wildman–Crippen MR) is 134 cm³/mol. The fourth-order valence-corrected chi connectivity index (χ4v) is 3.38. The van der Waals surface area contributed by atoms with Gasteiger partial charge >= 0.3 is 6.09 Å². The van der Waals surface area contributed by atoms with Crippen molar-refractivity contribution in [2.75, 3.05) is 6.54 Å². The van der Waals surface area contributed by atoms with E-state index < -0.39 is 41.5 Å². The van der Waals surface area contributed by atoms with Gasteiger partial charge in [0.2, 0.25) is 11.8 Å². The molecular formula is C26H38N4O5. The lowest BCUT2D eigenvalue weighted by molar-refractivity contribution is -0.138. The van der Waals surface area contributed by atoms with Gasteiger partial charge in [-0.15, -0.1) is 0 Å². The van der Waals surface area contributed by atoms with E-state index in [1.54, 1.807) is 32.9 Å². The molecule has 1 aromatic carbocycles. The summed E-state index contributed by atoms with van der Waals surface area (Å²) in [4.78, 5) is 51.7. The Kier molecular flexibility index (Phi) is 11.3. The number of nitrogens with one attached hydrogen (secondary N) is 2. The number of carbonyl (C=O) groups is 4. The van der Waals surface area contributed by atoms with E-state index in [1.165, 1.54) is 0 Å². The highest BCUT2D eigenvalue weighted by molar-refractivity contribution is 5.93. The first-order valence-corrected chi connectivity index (χ1v) is 11.7. The average Bonchev–Trinajstić information content (AvgIpc) is 2.75. The van der Waals surface area contributed by atoms with Crippen LogP contribution in [0.2, 0.25) is 0 Å². The molecular weight excluding hydrogens is 448 g/mol. The number of nitrogens with zero attached hydrogens (tertiary/aromatic N) is 1. The Morgan fingerprint density at radius 1 is 1.20 bits per heavy atom. The van der Waals surface area contributed by atoms with Crippen molar-refractivity contribution >= 4 is 23.8 Å². The number of terminal acetylenes is 1. The normalized spacial score (nSPS) is 12.6. The van der Waals surface area contributed by atoms with Gasteiger partial charge in [0.25, 0.3) is 5.91 Å². The molecule has 0 saturated heterocycles. The largest absolute Gasteiger partial charge is 0.444 e. The number of benzene rings is 1. The third kappa shape index (κ3) is 9.32. The quantitative estimate of drug-likeness (QED) is 0.251. The summed E-state index contributed by atoms with van der Waals surface area (Å²) in [5.41, 5.74) is 6.76. The molecule has 9 heteroatoms. The molecule has 0 fully saturated rings. The number of carbonyl (C=O) groups excluding carboxylic acids is 4. The lowest BCUT2D eigenvalue weighted by Gasteiger charge is -2.31. The monoisotopic (exact) mass is 486 g/mol. The summed E-state index contributed by atoms with van der Waals surface area (Å²) in [5, 5.41) is 5.32. The molecule has 0 aliphatic heterocycles. The zero-order valence-corrected chi connectivity index (χ0v) is 21.6. The van der Waals surface area contributed by atoms with E-state index >= 15 is 0 Å². The number of unbranched alkanes of at least 4 members (excludes halogenated alkanes) is 1. The molecule has 4 N–H and O–H groups in total. The number of hydrogen-bond acceptors (Lipinski definition) is 5. The average molecular weight is 487 g/mol. The van der Waals surface area contributed by atoms with E-state index in [-0.39, 0.29) is 12.8 Å². The number of rotatable bonds is 11. The molecule has 0 aromatic heterocycles. The second-order valence-corrected chi connectivity index (χ2v) is 9.38. The lowest BCUT2D eigenvalue weighted by atomic mass is 9.95. The third-order valence-electron chi connectivity index (χ3n) is 5.32. The van der Waals surface area contributed by atoms with Gasteiger partial charge in [-0.3, -0.25) is 19.3 Å². The minimum absolute atomic E-state index is 0.109. The SMILES string of the molecule is C#CN(C(=O)C(CCC(N)=O)NC(=O)OC(C)(C)C)C(C(=O)NCCCC)c1cccc(C)c1C. The summed E-state index contributed by atoms with van der Waals surface area (Å²) < 4.78 is 5.26. The molecule has 1 rings (SSSR count). The smallest absolute Gasteiger partial charge is 0.408 e. The minimum Gasteiger partial charge on any atom is -0.444 e. The maximum Gasteiger partial charge on any atom is 0.408 e. The number of ether oxygens (including phenoxy) is 1. The van der Waals surface area contributed by atoms with Gasteiger partial charge in [-0.1, -0.05) is 38.0 Å². The molecule has 0 aliphatic rings. The summed E-state index contributed by atoms with van der Waals surface area (Å²) in [7, 11) is 0. The van der Waals surface area contributed by atoms with Crippen molar-refractivity contribution in [3.8, 4) is 12.5 Å². The molecule has 0 spiro atoms. The van der Waals surface area contributed by atoms with E-state index in [9.17, 15) is 19.2 Å². The highest BCUT2D eigenvalue weighted by Gasteiger charge is 2.36. The van der Waals surface area contributed by atoms with Crippen LogP contribution >= 0.6 is 0 Å². The van der Waals surface area contributed by atoms with E-state index in [0.717, 1.165) is 28.9 Å². The van der Waals surface area contributed by atoms with Gasteiger partial charge < -0.3 is 21.1 Å². The predicted octanol–water partition coefficient (Wildman–Crippen LogP) is 2.84.